The Hall–Kier alpha value is -3.14. The van der Waals surface area contributed by atoms with Crippen molar-refractivity contribution in [3.8, 4) is 22.6 Å². The molecule has 0 aliphatic carbocycles. The molecule has 0 amide bonds. The van der Waals surface area contributed by atoms with E-state index in [1.54, 1.807) is 0 Å². The molecule has 5 rings (SSSR count). The second-order valence-corrected chi connectivity index (χ2v) is 6.08. The minimum atomic E-state index is 0.616. The summed E-state index contributed by atoms with van der Waals surface area (Å²) >= 11 is 0. The maximum absolute atomic E-state index is 6.07. The predicted molar refractivity (Wildman–Crippen MR) is 98.1 cm³/mol. The Kier molecular flexibility index (Phi) is 3.27. The zero-order chi connectivity index (χ0) is 16.6. The Morgan fingerprint density at radius 1 is 0.640 bits per heavy atom. The predicted octanol–water partition coefficient (Wildman–Crippen LogP) is 4.61. The van der Waals surface area contributed by atoms with Crippen LogP contribution in [0.3, 0.4) is 0 Å². The first-order valence-corrected chi connectivity index (χ1v) is 8.43. The normalized spacial score (nSPS) is 13.8. The molecule has 2 aromatic heterocycles. The maximum Gasteiger partial charge on any atom is 0.129 e. The largest absolute Gasteiger partial charge is 0.493 e. The van der Waals surface area contributed by atoms with Crippen LogP contribution in [0.1, 0.15) is 6.42 Å². The highest BCUT2D eigenvalue weighted by molar-refractivity contribution is 6.07. The first kappa shape index (κ1) is 14.2. The molecule has 0 bridgehead atoms. The van der Waals surface area contributed by atoms with Gasteiger partial charge in [-0.15, -0.1) is 0 Å². The Bertz CT molecular complexity index is 1000. The highest BCUT2D eigenvalue weighted by Crippen LogP contribution is 2.44. The quantitative estimate of drug-likeness (QED) is 0.473. The number of rotatable bonds is 0. The lowest BCUT2D eigenvalue weighted by Crippen LogP contribution is -2.03. The van der Waals surface area contributed by atoms with E-state index in [2.05, 4.69) is 34.2 Å². The van der Waals surface area contributed by atoms with Crippen molar-refractivity contribution in [2.75, 3.05) is 13.2 Å². The van der Waals surface area contributed by atoms with Crippen molar-refractivity contribution in [2.24, 2.45) is 0 Å². The number of nitrogens with zero attached hydrogens (tertiary/aromatic N) is 2. The van der Waals surface area contributed by atoms with Crippen LogP contribution in [-0.4, -0.2) is 23.2 Å². The molecular formula is C21H16N2O2. The lowest BCUT2D eigenvalue weighted by Gasteiger charge is -2.16. The second-order valence-electron chi connectivity index (χ2n) is 6.08. The van der Waals surface area contributed by atoms with Crippen LogP contribution < -0.4 is 9.47 Å². The molecule has 0 atom stereocenters. The van der Waals surface area contributed by atoms with Crippen LogP contribution in [0.25, 0.3) is 32.9 Å². The second kappa shape index (κ2) is 5.74. The minimum Gasteiger partial charge on any atom is -0.493 e. The topological polar surface area (TPSA) is 44.2 Å². The third kappa shape index (κ3) is 2.30. The van der Waals surface area contributed by atoms with Gasteiger partial charge in [0.2, 0.25) is 0 Å². The smallest absolute Gasteiger partial charge is 0.129 e. The molecule has 4 aromatic rings. The molecule has 1 aliphatic rings. The van der Waals surface area contributed by atoms with Crippen LogP contribution in [0.4, 0.5) is 0 Å². The number of hydrogen-bond acceptors (Lipinski definition) is 4. The van der Waals surface area contributed by atoms with Gasteiger partial charge >= 0.3 is 0 Å². The van der Waals surface area contributed by atoms with Crippen molar-refractivity contribution in [1.29, 1.82) is 0 Å². The van der Waals surface area contributed by atoms with Crippen molar-refractivity contribution < 1.29 is 9.47 Å². The van der Waals surface area contributed by atoms with Gasteiger partial charge < -0.3 is 9.47 Å². The summed E-state index contributed by atoms with van der Waals surface area (Å²) in [4.78, 5) is 9.28. The number of benzene rings is 2. The number of aromatic nitrogens is 2. The van der Waals surface area contributed by atoms with E-state index >= 15 is 0 Å². The molecule has 0 saturated carbocycles. The lowest BCUT2D eigenvalue weighted by molar-refractivity contribution is 0.252. The molecule has 2 aromatic carbocycles. The maximum atomic E-state index is 6.07. The fourth-order valence-corrected chi connectivity index (χ4v) is 3.40. The first-order valence-electron chi connectivity index (χ1n) is 8.43. The average molecular weight is 328 g/mol. The van der Waals surface area contributed by atoms with Gasteiger partial charge in [0.15, 0.2) is 0 Å². The minimum absolute atomic E-state index is 0.616. The molecule has 1 aliphatic heterocycles. The Labute approximate surface area is 145 Å². The molecule has 0 N–H and O–H groups in total. The molecule has 3 heterocycles. The number of pyridine rings is 2. The zero-order valence-corrected chi connectivity index (χ0v) is 13.6. The summed E-state index contributed by atoms with van der Waals surface area (Å²) < 4.78 is 12.1. The first-order chi connectivity index (χ1) is 12.4. The molecular weight excluding hydrogens is 312 g/mol. The van der Waals surface area contributed by atoms with E-state index in [1.165, 1.54) is 0 Å². The highest BCUT2D eigenvalue weighted by atomic mass is 16.5. The van der Waals surface area contributed by atoms with Crippen molar-refractivity contribution in [1.82, 2.24) is 9.97 Å². The third-order valence-corrected chi connectivity index (χ3v) is 4.53. The standard InChI is InChI=1S/C21H16N2O2/c1-4-14-6-8-16-18(20(14)22-10-1)19-17(25-13-3-12-24-16)9-7-15-5-2-11-23-21(15)19/h1-2,4-11H,3,12-13H2. The van der Waals surface area contributed by atoms with Crippen LogP contribution in [0.15, 0.2) is 60.9 Å². The molecule has 0 saturated heterocycles. The van der Waals surface area contributed by atoms with Gasteiger partial charge in [0.1, 0.15) is 11.5 Å². The van der Waals surface area contributed by atoms with Gasteiger partial charge in [-0.1, -0.05) is 12.1 Å². The molecule has 0 spiro atoms. The molecule has 0 unspecified atom stereocenters. The summed E-state index contributed by atoms with van der Waals surface area (Å²) in [5.41, 5.74) is 3.73. The van der Waals surface area contributed by atoms with Crippen LogP contribution in [0, 0.1) is 0 Å². The fraction of sp³-hybridized carbons (Fsp3) is 0.143. The number of ether oxygens (including phenoxy) is 2. The van der Waals surface area contributed by atoms with Gasteiger partial charge in [-0.3, -0.25) is 9.97 Å². The number of fused-ring (bicyclic) bond motifs is 7. The van der Waals surface area contributed by atoms with Gasteiger partial charge in [0, 0.05) is 29.6 Å². The van der Waals surface area contributed by atoms with Crippen LogP contribution in [0.5, 0.6) is 11.5 Å². The van der Waals surface area contributed by atoms with Crippen molar-refractivity contribution in [3.05, 3.63) is 60.9 Å². The summed E-state index contributed by atoms with van der Waals surface area (Å²) in [6, 6.07) is 16.2. The van der Waals surface area contributed by atoms with E-state index in [0.29, 0.717) is 13.2 Å². The van der Waals surface area contributed by atoms with E-state index in [1.807, 2.05) is 36.7 Å². The molecule has 4 heteroatoms. The summed E-state index contributed by atoms with van der Waals surface area (Å²) in [5.74, 6) is 1.66. The van der Waals surface area contributed by atoms with Crippen LogP contribution in [0.2, 0.25) is 0 Å². The van der Waals surface area contributed by atoms with E-state index in [0.717, 1.165) is 50.9 Å². The molecule has 122 valence electrons. The van der Waals surface area contributed by atoms with Crippen molar-refractivity contribution in [2.45, 2.75) is 6.42 Å². The van der Waals surface area contributed by atoms with Gasteiger partial charge in [-0.2, -0.15) is 0 Å². The summed E-state index contributed by atoms with van der Waals surface area (Å²) in [6.45, 7) is 1.23. The Morgan fingerprint density at radius 2 is 1.16 bits per heavy atom. The monoisotopic (exact) mass is 328 g/mol. The van der Waals surface area contributed by atoms with Crippen LogP contribution >= 0.6 is 0 Å². The summed E-state index contributed by atoms with van der Waals surface area (Å²) in [5, 5.41) is 2.14. The summed E-state index contributed by atoms with van der Waals surface area (Å²) in [6.07, 6.45) is 4.46. The van der Waals surface area contributed by atoms with Gasteiger partial charge in [0.25, 0.3) is 0 Å². The molecule has 4 nitrogen and oxygen atoms in total. The van der Waals surface area contributed by atoms with E-state index in [9.17, 15) is 0 Å². The van der Waals surface area contributed by atoms with E-state index in [4.69, 9.17) is 9.47 Å². The SMILES string of the molecule is c1cnc2c3c(ccc2c1)OCCCOc1ccc2cccnc2c1-3. The Morgan fingerprint density at radius 3 is 1.68 bits per heavy atom. The number of hydrogen-bond donors (Lipinski definition) is 0. The van der Waals surface area contributed by atoms with Crippen molar-refractivity contribution in [3.63, 3.8) is 0 Å². The van der Waals surface area contributed by atoms with Crippen molar-refractivity contribution >= 4 is 21.8 Å². The Balaban J connectivity index is 1.97. The van der Waals surface area contributed by atoms with E-state index < -0.39 is 0 Å². The molecule has 0 fully saturated rings. The van der Waals surface area contributed by atoms with E-state index in [-0.39, 0.29) is 0 Å². The molecule has 25 heavy (non-hydrogen) atoms. The molecule has 0 radical (unpaired) electrons. The average Bonchev–Trinajstić information content (AvgIpc) is 2.76. The third-order valence-electron chi connectivity index (χ3n) is 4.53. The lowest BCUT2D eigenvalue weighted by atomic mass is 9.97. The summed E-state index contributed by atoms with van der Waals surface area (Å²) in [7, 11) is 0. The van der Waals surface area contributed by atoms with Crippen LogP contribution in [-0.2, 0) is 0 Å². The van der Waals surface area contributed by atoms with Gasteiger partial charge in [0.05, 0.1) is 35.4 Å². The highest BCUT2D eigenvalue weighted by Gasteiger charge is 2.21. The van der Waals surface area contributed by atoms with Gasteiger partial charge in [-0.25, -0.2) is 0 Å². The van der Waals surface area contributed by atoms with Gasteiger partial charge in [-0.05, 0) is 36.4 Å². The fourth-order valence-electron chi connectivity index (χ4n) is 3.40. The zero-order valence-electron chi connectivity index (χ0n) is 13.6.